The van der Waals surface area contributed by atoms with Crippen molar-refractivity contribution in [2.24, 2.45) is 0 Å². The van der Waals surface area contributed by atoms with Crippen molar-refractivity contribution in [2.75, 3.05) is 5.32 Å². The van der Waals surface area contributed by atoms with Crippen LogP contribution in [0.15, 0.2) is 71.3 Å². The van der Waals surface area contributed by atoms with Gasteiger partial charge in [-0.1, -0.05) is 48.0 Å². The molecule has 0 aliphatic carbocycles. The molecule has 4 rings (SSSR count). The van der Waals surface area contributed by atoms with Crippen LogP contribution in [0.1, 0.15) is 33.0 Å². The number of halogens is 1. The van der Waals surface area contributed by atoms with E-state index in [9.17, 15) is 4.79 Å². The number of para-hydroxylation sites is 1. The smallest absolute Gasteiger partial charge is 0.292 e. The van der Waals surface area contributed by atoms with E-state index < -0.39 is 0 Å². The predicted molar refractivity (Wildman–Crippen MR) is 120 cm³/mol. The van der Waals surface area contributed by atoms with Gasteiger partial charge in [0.25, 0.3) is 5.91 Å². The number of nitrogens with zero attached hydrogens (tertiary/aromatic N) is 2. The largest absolute Gasteiger partial charge is 0.484 e. The number of hydrogen-bond donors (Lipinski definition) is 1. The number of aryl methyl sites for hydroxylation is 2. The third-order valence-electron chi connectivity index (χ3n) is 4.88. The Kier molecular flexibility index (Phi) is 6.09. The van der Waals surface area contributed by atoms with Crippen molar-refractivity contribution in [3.8, 4) is 5.75 Å². The molecule has 2 heterocycles. The highest BCUT2D eigenvalue weighted by molar-refractivity contribution is 6.32. The van der Waals surface area contributed by atoms with E-state index >= 15 is 0 Å². The Morgan fingerprint density at radius 3 is 2.68 bits per heavy atom. The van der Waals surface area contributed by atoms with E-state index in [1.807, 2.05) is 37.4 Å². The third-order valence-corrected chi connectivity index (χ3v) is 5.18. The number of hydrogen-bond acceptors (Lipinski definition) is 4. The first-order chi connectivity index (χ1) is 15.0. The van der Waals surface area contributed by atoms with Gasteiger partial charge in [-0.25, -0.2) is 0 Å². The van der Waals surface area contributed by atoms with Gasteiger partial charge in [0.15, 0.2) is 11.6 Å². The van der Waals surface area contributed by atoms with Gasteiger partial charge in [-0.15, -0.1) is 0 Å². The van der Waals surface area contributed by atoms with Crippen molar-refractivity contribution < 1.29 is 13.9 Å². The summed E-state index contributed by atoms with van der Waals surface area (Å²) in [7, 11) is 0. The van der Waals surface area contributed by atoms with Crippen molar-refractivity contribution >= 4 is 23.3 Å². The summed E-state index contributed by atoms with van der Waals surface area (Å²) in [6.07, 6.45) is 1.83. The monoisotopic (exact) mass is 435 g/mol. The minimum Gasteiger partial charge on any atom is -0.484 e. The van der Waals surface area contributed by atoms with Crippen LogP contribution in [0.5, 0.6) is 5.75 Å². The molecule has 0 bridgehead atoms. The summed E-state index contributed by atoms with van der Waals surface area (Å²) in [5.74, 6) is 1.39. The number of nitrogens with one attached hydrogen (secondary N) is 1. The van der Waals surface area contributed by atoms with E-state index in [-0.39, 0.29) is 18.3 Å². The molecule has 0 fully saturated rings. The molecule has 158 valence electrons. The molecule has 0 aliphatic rings. The van der Waals surface area contributed by atoms with E-state index in [4.69, 9.17) is 20.8 Å². The van der Waals surface area contributed by atoms with E-state index in [1.54, 1.807) is 28.9 Å². The fourth-order valence-electron chi connectivity index (χ4n) is 3.18. The van der Waals surface area contributed by atoms with Gasteiger partial charge >= 0.3 is 0 Å². The number of furan rings is 1. The number of anilines is 1. The van der Waals surface area contributed by atoms with Crippen LogP contribution in [-0.4, -0.2) is 15.7 Å². The predicted octanol–water partition coefficient (Wildman–Crippen LogP) is 5.63. The molecule has 4 aromatic rings. The van der Waals surface area contributed by atoms with Gasteiger partial charge in [0.05, 0.1) is 11.6 Å². The maximum Gasteiger partial charge on any atom is 0.292 e. The molecule has 31 heavy (non-hydrogen) atoms. The highest BCUT2D eigenvalue weighted by atomic mass is 35.5. The van der Waals surface area contributed by atoms with E-state index in [1.165, 1.54) is 11.1 Å². The molecule has 6 nitrogen and oxygen atoms in total. The number of ether oxygens (including phenoxy) is 1. The van der Waals surface area contributed by atoms with Gasteiger partial charge in [0, 0.05) is 12.3 Å². The maximum absolute atomic E-state index is 12.5. The normalized spacial score (nSPS) is 10.8. The van der Waals surface area contributed by atoms with Crippen LogP contribution in [0.2, 0.25) is 5.02 Å². The van der Waals surface area contributed by atoms with Gasteiger partial charge < -0.3 is 14.5 Å². The molecule has 1 N–H and O–H groups in total. The van der Waals surface area contributed by atoms with Crippen LogP contribution in [0, 0.1) is 13.8 Å². The second kappa shape index (κ2) is 9.10. The van der Waals surface area contributed by atoms with Crippen LogP contribution in [0.25, 0.3) is 0 Å². The van der Waals surface area contributed by atoms with Gasteiger partial charge in [-0.3, -0.25) is 9.48 Å². The Bertz CT molecular complexity index is 1190. The summed E-state index contributed by atoms with van der Waals surface area (Å²) in [6.45, 7) is 4.78. The summed E-state index contributed by atoms with van der Waals surface area (Å²) in [5.41, 5.74) is 3.30. The number of benzene rings is 2. The summed E-state index contributed by atoms with van der Waals surface area (Å²) >= 11 is 6.17. The summed E-state index contributed by atoms with van der Waals surface area (Å²) in [4.78, 5) is 12.5. The number of amides is 1. The van der Waals surface area contributed by atoms with Crippen molar-refractivity contribution in [2.45, 2.75) is 27.0 Å². The molecule has 2 aromatic carbocycles. The zero-order chi connectivity index (χ0) is 21.8. The van der Waals surface area contributed by atoms with Crippen molar-refractivity contribution in [3.05, 3.63) is 100 Å². The lowest BCUT2D eigenvalue weighted by Crippen LogP contribution is -2.12. The number of carbonyl (C=O) groups excluding carboxylic acids is 1. The average Bonchev–Trinajstić information content (AvgIpc) is 3.39. The summed E-state index contributed by atoms with van der Waals surface area (Å²) in [5, 5.41) is 7.71. The molecule has 0 radical (unpaired) electrons. The average molecular weight is 436 g/mol. The fourth-order valence-corrected chi connectivity index (χ4v) is 3.45. The molecule has 0 aliphatic heterocycles. The highest BCUT2D eigenvalue weighted by Gasteiger charge is 2.14. The molecular weight excluding hydrogens is 414 g/mol. The summed E-state index contributed by atoms with van der Waals surface area (Å²) in [6, 6.07) is 18.7. The van der Waals surface area contributed by atoms with E-state index in [2.05, 4.69) is 29.5 Å². The molecule has 7 heteroatoms. The third kappa shape index (κ3) is 4.98. The van der Waals surface area contributed by atoms with E-state index in [0.29, 0.717) is 28.9 Å². The zero-order valence-electron chi connectivity index (χ0n) is 17.3. The Balaban J connectivity index is 1.36. The first-order valence-electron chi connectivity index (χ1n) is 9.85. The summed E-state index contributed by atoms with van der Waals surface area (Å²) < 4.78 is 13.2. The van der Waals surface area contributed by atoms with Gasteiger partial charge in [-0.05, 0) is 48.7 Å². The van der Waals surface area contributed by atoms with Gasteiger partial charge in [0.2, 0.25) is 0 Å². The van der Waals surface area contributed by atoms with Crippen molar-refractivity contribution in [3.63, 3.8) is 0 Å². The molecule has 0 spiro atoms. The number of carbonyl (C=O) groups is 1. The van der Waals surface area contributed by atoms with Crippen molar-refractivity contribution in [1.82, 2.24) is 9.78 Å². The SMILES string of the molecule is Cc1ccccc1Cn1ccc(NC(=O)c2ccc(COc3c(C)cccc3Cl)o2)n1. The second-order valence-electron chi connectivity index (χ2n) is 7.22. The first-order valence-corrected chi connectivity index (χ1v) is 10.2. The standard InChI is InChI=1S/C24H22ClN3O3/c1-16-6-3-4-8-18(16)14-28-13-12-22(27-28)26-24(29)21-11-10-19(31-21)15-30-23-17(2)7-5-9-20(23)25/h3-13H,14-15H2,1-2H3,(H,26,27,29). The molecule has 0 saturated heterocycles. The quantitative estimate of drug-likeness (QED) is 0.408. The fraction of sp³-hybridized carbons (Fsp3) is 0.167. The lowest BCUT2D eigenvalue weighted by molar-refractivity contribution is 0.0992. The molecule has 0 atom stereocenters. The molecule has 2 aromatic heterocycles. The Hall–Kier alpha value is -3.51. The second-order valence-corrected chi connectivity index (χ2v) is 7.63. The minimum absolute atomic E-state index is 0.170. The van der Waals surface area contributed by atoms with Crippen LogP contribution in [0.3, 0.4) is 0 Å². The van der Waals surface area contributed by atoms with Crippen molar-refractivity contribution in [1.29, 1.82) is 0 Å². The Labute approximate surface area is 185 Å². The lowest BCUT2D eigenvalue weighted by atomic mass is 10.1. The van der Waals surface area contributed by atoms with Crippen LogP contribution < -0.4 is 10.1 Å². The van der Waals surface area contributed by atoms with Crippen LogP contribution in [0.4, 0.5) is 5.82 Å². The maximum atomic E-state index is 12.5. The molecule has 1 amide bonds. The van der Waals surface area contributed by atoms with Crippen LogP contribution in [-0.2, 0) is 13.2 Å². The number of aromatic nitrogens is 2. The Morgan fingerprint density at radius 2 is 1.87 bits per heavy atom. The van der Waals surface area contributed by atoms with Gasteiger partial charge in [-0.2, -0.15) is 5.10 Å². The zero-order valence-corrected chi connectivity index (χ0v) is 18.0. The Morgan fingerprint density at radius 1 is 1.06 bits per heavy atom. The minimum atomic E-state index is -0.374. The first kappa shape index (κ1) is 20.8. The van der Waals surface area contributed by atoms with E-state index in [0.717, 1.165) is 5.56 Å². The molecule has 0 saturated carbocycles. The highest BCUT2D eigenvalue weighted by Crippen LogP contribution is 2.28. The molecule has 0 unspecified atom stereocenters. The topological polar surface area (TPSA) is 69.3 Å². The van der Waals surface area contributed by atoms with Gasteiger partial charge in [0.1, 0.15) is 18.1 Å². The van der Waals surface area contributed by atoms with Crippen LogP contribution >= 0.6 is 11.6 Å². The molecular formula is C24H22ClN3O3. The lowest BCUT2D eigenvalue weighted by Gasteiger charge is -2.09. The number of rotatable bonds is 7.